The number of amidine groups is 1. The molecule has 0 amide bonds. The van der Waals surface area contributed by atoms with E-state index >= 15 is 0 Å². The van der Waals surface area contributed by atoms with Gasteiger partial charge in [0.05, 0.1) is 11.3 Å². The first-order valence-corrected chi connectivity index (χ1v) is 12.4. The van der Waals surface area contributed by atoms with Gasteiger partial charge in [-0.25, -0.2) is 0 Å². The summed E-state index contributed by atoms with van der Waals surface area (Å²) in [6, 6.07) is 0. The molecule has 3 fully saturated rings. The zero-order chi connectivity index (χ0) is 23.1. The van der Waals surface area contributed by atoms with Gasteiger partial charge in [-0.05, 0) is 62.2 Å². The number of hydrogen-bond donors (Lipinski definition) is 2. The predicted octanol–water partition coefficient (Wildman–Crippen LogP) is 4.28. The topological polar surface area (TPSA) is 85.5 Å². The Bertz CT molecular complexity index is 923. The average molecular weight is 439 g/mol. The molecule has 6 nitrogen and oxygen atoms in total. The Kier molecular flexibility index (Phi) is 6.17. The normalized spacial score (nSPS) is 29.1. The van der Waals surface area contributed by atoms with Gasteiger partial charge < -0.3 is 16.4 Å². The lowest BCUT2D eigenvalue weighted by atomic mass is 9.54. The summed E-state index contributed by atoms with van der Waals surface area (Å²) in [4.78, 5) is 6.61. The van der Waals surface area contributed by atoms with Crippen LogP contribution in [-0.2, 0) is 19.5 Å². The molecular weight excluding hydrogens is 396 g/mol. The number of aromatic nitrogens is 2. The van der Waals surface area contributed by atoms with E-state index < -0.39 is 0 Å². The molecule has 0 radical (unpaired) electrons. The molecular formula is C26H42N6. The van der Waals surface area contributed by atoms with Crippen LogP contribution in [0.15, 0.2) is 28.5 Å². The molecule has 0 aromatic carbocycles. The van der Waals surface area contributed by atoms with Gasteiger partial charge in [-0.3, -0.25) is 9.67 Å². The Labute approximate surface area is 193 Å². The molecule has 176 valence electrons. The summed E-state index contributed by atoms with van der Waals surface area (Å²) in [6.45, 7) is 11.9. The van der Waals surface area contributed by atoms with Crippen molar-refractivity contribution in [3.8, 4) is 0 Å². The maximum absolute atomic E-state index is 6.20. The van der Waals surface area contributed by atoms with Crippen LogP contribution < -0.4 is 11.5 Å². The van der Waals surface area contributed by atoms with Crippen molar-refractivity contribution in [2.24, 2.45) is 33.2 Å². The molecule has 0 unspecified atom stereocenters. The first-order chi connectivity index (χ1) is 15.2. The van der Waals surface area contributed by atoms with E-state index in [1.807, 2.05) is 0 Å². The van der Waals surface area contributed by atoms with Crippen molar-refractivity contribution >= 4 is 5.84 Å². The number of aliphatic imine (C=N–C) groups is 1. The smallest absolute Gasteiger partial charge is 0.128 e. The van der Waals surface area contributed by atoms with Crippen LogP contribution in [-0.4, -0.2) is 34.1 Å². The van der Waals surface area contributed by atoms with E-state index in [2.05, 4.69) is 48.3 Å². The molecule has 6 heteroatoms. The van der Waals surface area contributed by atoms with E-state index in [9.17, 15) is 0 Å². The Hall–Kier alpha value is -2.24. The van der Waals surface area contributed by atoms with E-state index in [-0.39, 0.29) is 0 Å². The number of nitrogens with two attached hydrogens (primary N) is 2. The second kappa shape index (κ2) is 8.60. The molecule has 2 bridgehead atoms. The molecule has 1 aliphatic heterocycles. The first kappa shape index (κ1) is 22.9. The van der Waals surface area contributed by atoms with Gasteiger partial charge in [0.1, 0.15) is 5.84 Å². The standard InChI is InChI=1S/C26H42N6/c1-18(2)14-23(20(15-27)24(28)29-5)31-13-6-22-21(16-31)19(3)30-32(22)17-26-10-7-25(4,8-11-26)9-12-26/h14-15,18H,6-13,16-17,27H2,1-5H3,(H2,28,29)/b20-15?,23-14+. The minimum atomic E-state index is 0.386. The van der Waals surface area contributed by atoms with E-state index in [1.54, 1.807) is 13.2 Å². The minimum Gasteiger partial charge on any atom is -0.404 e. The lowest BCUT2D eigenvalue weighted by Gasteiger charge is -2.52. The second-order valence-electron chi connectivity index (χ2n) is 11.1. The lowest BCUT2D eigenvalue weighted by molar-refractivity contribution is -0.0112. The number of allylic oxidation sites excluding steroid dienone is 1. The van der Waals surface area contributed by atoms with Crippen LogP contribution in [0, 0.1) is 23.7 Å². The highest BCUT2D eigenvalue weighted by molar-refractivity contribution is 6.00. The summed E-state index contributed by atoms with van der Waals surface area (Å²) in [7, 11) is 1.72. The fraction of sp³-hybridized carbons (Fsp3) is 0.692. The van der Waals surface area contributed by atoms with Crippen LogP contribution >= 0.6 is 0 Å². The maximum atomic E-state index is 6.20. The molecule has 2 heterocycles. The summed E-state index contributed by atoms with van der Waals surface area (Å²) >= 11 is 0. The molecule has 1 aromatic rings. The Morgan fingerprint density at radius 2 is 1.84 bits per heavy atom. The quantitative estimate of drug-likeness (QED) is 0.394. The first-order valence-electron chi connectivity index (χ1n) is 12.4. The average Bonchev–Trinajstić information content (AvgIpc) is 3.08. The van der Waals surface area contributed by atoms with E-state index in [0.29, 0.717) is 22.6 Å². The number of nitrogens with zero attached hydrogens (tertiary/aromatic N) is 4. The maximum Gasteiger partial charge on any atom is 0.128 e. The molecule has 32 heavy (non-hydrogen) atoms. The Balaban J connectivity index is 1.59. The van der Waals surface area contributed by atoms with Gasteiger partial charge in [-0.15, -0.1) is 0 Å². The summed E-state index contributed by atoms with van der Waals surface area (Å²) in [6.07, 6.45) is 13.1. The molecule has 5 rings (SSSR count). The summed E-state index contributed by atoms with van der Waals surface area (Å²) in [5.41, 5.74) is 19.2. The van der Waals surface area contributed by atoms with Gasteiger partial charge in [-0.1, -0.05) is 26.8 Å². The molecule has 1 aromatic heterocycles. The highest BCUT2D eigenvalue weighted by Crippen LogP contribution is 2.57. The van der Waals surface area contributed by atoms with Gasteiger partial charge in [0, 0.05) is 56.3 Å². The van der Waals surface area contributed by atoms with E-state index in [1.165, 1.54) is 49.8 Å². The van der Waals surface area contributed by atoms with Crippen molar-refractivity contribution in [2.45, 2.75) is 85.7 Å². The van der Waals surface area contributed by atoms with Gasteiger partial charge in [-0.2, -0.15) is 5.10 Å². The van der Waals surface area contributed by atoms with Crippen LogP contribution in [0.5, 0.6) is 0 Å². The SMILES string of the molecule is CN=C(N)C(=CN)/C(=C\C(C)C)N1CCc2c(c(C)nn2CC23CCC(C)(CC2)CC3)C1. The van der Waals surface area contributed by atoms with Crippen LogP contribution in [0.3, 0.4) is 0 Å². The van der Waals surface area contributed by atoms with Crippen molar-refractivity contribution in [3.05, 3.63) is 40.5 Å². The second-order valence-corrected chi connectivity index (χ2v) is 11.1. The zero-order valence-electron chi connectivity index (χ0n) is 20.7. The van der Waals surface area contributed by atoms with Crippen molar-refractivity contribution in [3.63, 3.8) is 0 Å². The van der Waals surface area contributed by atoms with Crippen molar-refractivity contribution in [1.29, 1.82) is 0 Å². The minimum absolute atomic E-state index is 0.386. The monoisotopic (exact) mass is 438 g/mol. The summed E-state index contributed by atoms with van der Waals surface area (Å²) in [5.74, 6) is 0.871. The number of rotatable bonds is 6. The predicted molar refractivity (Wildman–Crippen MR) is 132 cm³/mol. The summed E-state index contributed by atoms with van der Waals surface area (Å²) < 4.78 is 2.38. The highest BCUT2D eigenvalue weighted by atomic mass is 15.3. The Morgan fingerprint density at radius 3 is 2.41 bits per heavy atom. The molecule has 3 aliphatic carbocycles. The van der Waals surface area contributed by atoms with Crippen molar-refractivity contribution in [2.75, 3.05) is 13.6 Å². The third kappa shape index (κ3) is 4.20. The Morgan fingerprint density at radius 1 is 1.19 bits per heavy atom. The van der Waals surface area contributed by atoms with Gasteiger partial charge in [0.2, 0.25) is 0 Å². The van der Waals surface area contributed by atoms with Crippen molar-refractivity contribution in [1.82, 2.24) is 14.7 Å². The largest absolute Gasteiger partial charge is 0.404 e. The zero-order valence-corrected chi connectivity index (χ0v) is 20.7. The third-order valence-corrected chi connectivity index (χ3v) is 8.39. The molecule has 4 aliphatic rings. The van der Waals surface area contributed by atoms with E-state index in [4.69, 9.17) is 16.6 Å². The number of hydrogen-bond acceptors (Lipinski definition) is 4. The van der Waals surface area contributed by atoms with Crippen LogP contribution in [0.4, 0.5) is 0 Å². The number of fused-ring (bicyclic) bond motifs is 4. The molecule has 0 saturated heterocycles. The number of aryl methyl sites for hydroxylation is 1. The molecule has 0 spiro atoms. The molecule has 3 saturated carbocycles. The fourth-order valence-electron chi connectivity index (χ4n) is 6.11. The third-order valence-electron chi connectivity index (χ3n) is 8.39. The van der Waals surface area contributed by atoms with Gasteiger partial charge in [0.15, 0.2) is 0 Å². The summed E-state index contributed by atoms with van der Waals surface area (Å²) in [5, 5.41) is 5.07. The van der Waals surface area contributed by atoms with Crippen LogP contribution in [0.2, 0.25) is 0 Å². The molecule has 0 atom stereocenters. The van der Waals surface area contributed by atoms with Crippen LogP contribution in [0.25, 0.3) is 0 Å². The molecule has 4 N–H and O–H groups in total. The lowest BCUT2D eigenvalue weighted by Crippen LogP contribution is -2.43. The van der Waals surface area contributed by atoms with Gasteiger partial charge in [0.25, 0.3) is 0 Å². The fourth-order valence-corrected chi connectivity index (χ4v) is 6.11. The highest BCUT2D eigenvalue weighted by Gasteiger charge is 2.46. The van der Waals surface area contributed by atoms with Gasteiger partial charge >= 0.3 is 0 Å². The van der Waals surface area contributed by atoms with Crippen molar-refractivity contribution < 1.29 is 0 Å². The van der Waals surface area contributed by atoms with Crippen LogP contribution in [0.1, 0.15) is 76.2 Å². The van der Waals surface area contributed by atoms with E-state index in [0.717, 1.165) is 43.0 Å².